The van der Waals surface area contributed by atoms with E-state index in [1.807, 2.05) is 0 Å². The maximum Gasteiger partial charge on any atom is 0.0142 e. The van der Waals surface area contributed by atoms with Crippen molar-refractivity contribution in [1.29, 1.82) is 0 Å². The lowest BCUT2D eigenvalue weighted by Crippen LogP contribution is -2.33. The van der Waals surface area contributed by atoms with E-state index in [-0.39, 0.29) is 0 Å². The minimum Gasteiger partial charge on any atom is -0.311 e. The fourth-order valence-electron chi connectivity index (χ4n) is 2.94. The lowest BCUT2D eigenvalue weighted by atomic mass is 10.0. The molecule has 2 aliphatic rings. The molecule has 1 aliphatic heterocycles. The molecule has 1 aromatic carbocycles. The fraction of sp³-hybridized carbons (Fsp3) is 0.538. The Bertz CT molecular complexity index is 319. The summed E-state index contributed by atoms with van der Waals surface area (Å²) in [5.74, 6) is 1.97. The summed E-state index contributed by atoms with van der Waals surface area (Å²) in [6.45, 7) is 2.33. The number of fused-ring (bicyclic) bond motifs is 1. The highest BCUT2D eigenvalue weighted by molar-refractivity contribution is 5.19. The third kappa shape index (κ3) is 1.36. The molecule has 0 radical (unpaired) electrons. The second kappa shape index (κ2) is 3.09. The highest BCUT2D eigenvalue weighted by Gasteiger charge is 2.51. The molecule has 0 bridgehead atoms. The van der Waals surface area contributed by atoms with Crippen LogP contribution in [0.15, 0.2) is 30.3 Å². The van der Waals surface area contributed by atoms with E-state index in [4.69, 9.17) is 0 Å². The molecular formula is C13H17N. The van der Waals surface area contributed by atoms with E-state index in [0.717, 1.165) is 23.9 Å². The molecule has 1 saturated carbocycles. The van der Waals surface area contributed by atoms with Crippen LogP contribution in [0.5, 0.6) is 0 Å². The Hall–Kier alpha value is -0.820. The summed E-state index contributed by atoms with van der Waals surface area (Å²) in [6.07, 6.45) is 2.68. The molecule has 1 aromatic rings. The van der Waals surface area contributed by atoms with Gasteiger partial charge in [-0.2, -0.15) is 0 Å². The van der Waals surface area contributed by atoms with Crippen LogP contribution in [0.2, 0.25) is 0 Å². The van der Waals surface area contributed by atoms with Crippen molar-refractivity contribution in [2.24, 2.45) is 11.8 Å². The fourth-order valence-corrected chi connectivity index (χ4v) is 2.94. The minimum atomic E-state index is 0.748. The molecule has 0 aromatic heterocycles. The van der Waals surface area contributed by atoms with Crippen LogP contribution in [0, 0.1) is 11.8 Å². The molecule has 14 heavy (non-hydrogen) atoms. The zero-order chi connectivity index (χ0) is 9.54. The van der Waals surface area contributed by atoms with Gasteiger partial charge in [0, 0.05) is 12.1 Å². The summed E-state index contributed by atoms with van der Waals surface area (Å²) in [7, 11) is 0. The van der Waals surface area contributed by atoms with Crippen molar-refractivity contribution >= 4 is 0 Å². The maximum absolute atomic E-state index is 3.70. The number of piperidine rings is 1. The highest BCUT2D eigenvalue weighted by Crippen LogP contribution is 2.49. The lowest BCUT2D eigenvalue weighted by Gasteiger charge is -2.15. The van der Waals surface area contributed by atoms with Crippen LogP contribution in [0.1, 0.15) is 18.9 Å². The molecule has 1 nitrogen and oxygen atoms in total. The molecule has 74 valence electrons. The third-order valence-corrected chi connectivity index (χ3v) is 3.83. The van der Waals surface area contributed by atoms with Gasteiger partial charge >= 0.3 is 0 Å². The van der Waals surface area contributed by atoms with Crippen molar-refractivity contribution in [3.8, 4) is 0 Å². The Labute approximate surface area is 85.5 Å². The quantitative estimate of drug-likeness (QED) is 0.748. The molecule has 0 spiro atoms. The van der Waals surface area contributed by atoms with Gasteiger partial charge in [-0.1, -0.05) is 30.3 Å². The normalized spacial score (nSPS) is 39.5. The summed E-state index contributed by atoms with van der Waals surface area (Å²) < 4.78 is 0. The predicted octanol–water partition coefficient (Wildman–Crippen LogP) is 2.23. The summed E-state index contributed by atoms with van der Waals surface area (Å²) in [5.41, 5.74) is 1.48. The monoisotopic (exact) mass is 187 g/mol. The van der Waals surface area contributed by atoms with Gasteiger partial charge in [0.15, 0.2) is 0 Å². The number of rotatable bonds is 2. The van der Waals surface area contributed by atoms with E-state index in [1.54, 1.807) is 0 Å². The summed E-state index contributed by atoms with van der Waals surface area (Å²) in [5, 5.41) is 3.70. The number of hydrogen-bond donors (Lipinski definition) is 1. The Morgan fingerprint density at radius 3 is 2.57 bits per heavy atom. The van der Waals surface area contributed by atoms with Crippen LogP contribution in [-0.2, 0) is 6.42 Å². The molecular weight excluding hydrogens is 170 g/mol. The van der Waals surface area contributed by atoms with Crippen LogP contribution < -0.4 is 5.32 Å². The largest absolute Gasteiger partial charge is 0.311 e. The van der Waals surface area contributed by atoms with Crippen LogP contribution in [0.4, 0.5) is 0 Å². The molecule has 1 unspecified atom stereocenters. The molecule has 1 N–H and O–H groups in total. The predicted molar refractivity (Wildman–Crippen MR) is 58.1 cm³/mol. The first-order chi connectivity index (χ1) is 6.84. The van der Waals surface area contributed by atoms with Crippen molar-refractivity contribution in [1.82, 2.24) is 5.32 Å². The van der Waals surface area contributed by atoms with Gasteiger partial charge in [0.05, 0.1) is 0 Å². The Morgan fingerprint density at radius 1 is 1.21 bits per heavy atom. The first kappa shape index (κ1) is 8.49. The molecule has 1 aliphatic carbocycles. The van der Waals surface area contributed by atoms with Crippen LogP contribution in [0.25, 0.3) is 0 Å². The zero-order valence-corrected chi connectivity index (χ0v) is 8.61. The van der Waals surface area contributed by atoms with Crippen LogP contribution >= 0.6 is 0 Å². The van der Waals surface area contributed by atoms with E-state index in [2.05, 4.69) is 42.6 Å². The van der Waals surface area contributed by atoms with E-state index < -0.39 is 0 Å². The number of hydrogen-bond acceptors (Lipinski definition) is 1. The highest BCUT2D eigenvalue weighted by atomic mass is 15.0. The number of benzene rings is 1. The Kier molecular flexibility index (Phi) is 1.88. The average Bonchev–Trinajstić information content (AvgIpc) is 2.92. The van der Waals surface area contributed by atoms with E-state index in [9.17, 15) is 0 Å². The Morgan fingerprint density at radius 2 is 2.00 bits per heavy atom. The standard InChI is InChI=1S/C13H17N/c1-9-11-8-12(11)13(14-9)7-10-5-3-2-4-6-10/h2-6,9,11-14H,7-8H2,1H3/t9?,11-,12-,13+/m1/s1. The molecule has 1 saturated heterocycles. The molecule has 1 heterocycles. The minimum absolute atomic E-state index is 0.748. The summed E-state index contributed by atoms with van der Waals surface area (Å²) >= 11 is 0. The summed E-state index contributed by atoms with van der Waals surface area (Å²) in [6, 6.07) is 12.3. The van der Waals surface area contributed by atoms with Crippen LogP contribution in [-0.4, -0.2) is 12.1 Å². The van der Waals surface area contributed by atoms with Crippen molar-refractivity contribution in [3.05, 3.63) is 35.9 Å². The van der Waals surface area contributed by atoms with Crippen molar-refractivity contribution in [2.45, 2.75) is 31.8 Å². The molecule has 4 atom stereocenters. The molecule has 0 amide bonds. The SMILES string of the molecule is CC1N[C@@H](Cc2ccccc2)[C@@H]2C[C@H]12. The van der Waals surface area contributed by atoms with Gasteiger partial charge in [-0.15, -0.1) is 0 Å². The van der Waals surface area contributed by atoms with Gasteiger partial charge in [0.2, 0.25) is 0 Å². The van der Waals surface area contributed by atoms with Gasteiger partial charge in [0.25, 0.3) is 0 Å². The topological polar surface area (TPSA) is 12.0 Å². The van der Waals surface area contributed by atoms with Gasteiger partial charge in [-0.05, 0) is 37.2 Å². The first-order valence-electron chi connectivity index (χ1n) is 5.64. The Balaban J connectivity index is 1.69. The number of nitrogens with one attached hydrogen (secondary N) is 1. The van der Waals surface area contributed by atoms with Gasteiger partial charge in [-0.25, -0.2) is 0 Å². The molecule has 2 fully saturated rings. The third-order valence-electron chi connectivity index (χ3n) is 3.83. The lowest BCUT2D eigenvalue weighted by molar-refractivity contribution is 0.480. The molecule has 1 heteroatoms. The maximum atomic E-state index is 3.70. The van der Waals surface area contributed by atoms with Gasteiger partial charge in [0.1, 0.15) is 0 Å². The first-order valence-corrected chi connectivity index (χ1v) is 5.64. The van der Waals surface area contributed by atoms with Gasteiger partial charge in [-0.3, -0.25) is 0 Å². The second-order valence-corrected chi connectivity index (χ2v) is 4.81. The van der Waals surface area contributed by atoms with E-state index >= 15 is 0 Å². The van der Waals surface area contributed by atoms with Crippen molar-refractivity contribution in [3.63, 3.8) is 0 Å². The average molecular weight is 187 g/mol. The summed E-state index contributed by atoms with van der Waals surface area (Å²) in [4.78, 5) is 0. The van der Waals surface area contributed by atoms with Crippen LogP contribution in [0.3, 0.4) is 0 Å². The van der Waals surface area contributed by atoms with Crippen molar-refractivity contribution in [2.75, 3.05) is 0 Å². The van der Waals surface area contributed by atoms with Crippen molar-refractivity contribution < 1.29 is 0 Å². The van der Waals surface area contributed by atoms with Gasteiger partial charge < -0.3 is 5.32 Å². The molecule has 3 rings (SSSR count). The second-order valence-electron chi connectivity index (χ2n) is 4.81. The van der Waals surface area contributed by atoms with E-state index in [0.29, 0.717) is 0 Å². The smallest absolute Gasteiger partial charge is 0.0142 e. The zero-order valence-electron chi connectivity index (χ0n) is 8.61. The van der Waals surface area contributed by atoms with E-state index in [1.165, 1.54) is 18.4 Å².